The SMILES string of the molecule is CN(Cc1nc2ccccc2c(=O)[nH]1)Cc1ccc(Br)o1. The van der Waals surface area contributed by atoms with Crippen LogP contribution in [0, 0.1) is 0 Å². The maximum atomic E-state index is 12.0. The van der Waals surface area contributed by atoms with Gasteiger partial charge >= 0.3 is 0 Å². The van der Waals surface area contributed by atoms with Crippen molar-refractivity contribution in [2.24, 2.45) is 0 Å². The molecular weight excluding hydrogens is 334 g/mol. The molecule has 0 fully saturated rings. The third kappa shape index (κ3) is 3.22. The van der Waals surface area contributed by atoms with Gasteiger partial charge in [-0.25, -0.2) is 4.98 Å². The van der Waals surface area contributed by atoms with E-state index in [-0.39, 0.29) is 5.56 Å². The number of halogens is 1. The highest BCUT2D eigenvalue weighted by Gasteiger charge is 2.08. The van der Waals surface area contributed by atoms with Crippen molar-refractivity contribution in [1.82, 2.24) is 14.9 Å². The highest BCUT2D eigenvalue weighted by atomic mass is 79.9. The lowest BCUT2D eigenvalue weighted by molar-refractivity contribution is 0.279. The molecule has 1 aromatic carbocycles. The number of benzene rings is 1. The quantitative estimate of drug-likeness (QED) is 0.788. The molecule has 3 rings (SSSR count). The van der Waals surface area contributed by atoms with Gasteiger partial charge in [0.1, 0.15) is 11.6 Å². The largest absolute Gasteiger partial charge is 0.453 e. The smallest absolute Gasteiger partial charge is 0.258 e. The predicted molar refractivity (Wildman–Crippen MR) is 83.9 cm³/mol. The lowest BCUT2D eigenvalue weighted by atomic mass is 10.2. The van der Waals surface area contributed by atoms with Gasteiger partial charge < -0.3 is 9.40 Å². The number of nitrogens with zero attached hydrogens (tertiary/aromatic N) is 2. The second-order valence-corrected chi connectivity index (χ2v) is 5.69. The molecule has 0 aliphatic heterocycles. The van der Waals surface area contributed by atoms with Crippen LogP contribution in [0.5, 0.6) is 0 Å². The molecule has 3 aromatic rings. The van der Waals surface area contributed by atoms with Gasteiger partial charge in [0.2, 0.25) is 0 Å². The Morgan fingerprint density at radius 3 is 2.81 bits per heavy atom. The van der Waals surface area contributed by atoms with Gasteiger partial charge in [-0.2, -0.15) is 0 Å². The zero-order chi connectivity index (χ0) is 14.8. The molecule has 0 unspecified atom stereocenters. The van der Waals surface area contributed by atoms with Crippen LogP contribution in [0.4, 0.5) is 0 Å². The molecule has 0 aliphatic carbocycles. The van der Waals surface area contributed by atoms with Crippen molar-refractivity contribution in [2.45, 2.75) is 13.1 Å². The summed E-state index contributed by atoms with van der Waals surface area (Å²) in [5.41, 5.74) is 0.607. The fourth-order valence-electron chi connectivity index (χ4n) is 2.22. The van der Waals surface area contributed by atoms with Crippen LogP contribution >= 0.6 is 15.9 Å². The minimum absolute atomic E-state index is 0.107. The molecule has 0 radical (unpaired) electrons. The molecule has 108 valence electrons. The van der Waals surface area contributed by atoms with Crippen molar-refractivity contribution in [3.8, 4) is 0 Å². The molecule has 0 saturated carbocycles. The third-order valence-corrected chi connectivity index (χ3v) is 3.56. The summed E-state index contributed by atoms with van der Waals surface area (Å²) in [6.45, 7) is 1.18. The Morgan fingerprint density at radius 2 is 2.05 bits per heavy atom. The van der Waals surface area contributed by atoms with E-state index < -0.39 is 0 Å². The highest BCUT2D eigenvalue weighted by Crippen LogP contribution is 2.16. The van der Waals surface area contributed by atoms with Gasteiger partial charge in [0, 0.05) is 0 Å². The molecule has 0 amide bonds. The molecule has 21 heavy (non-hydrogen) atoms. The van der Waals surface area contributed by atoms with E-state index in [4.69, 9.17) is 4.42 Å². The van der Waals surface area contributed by atoms with Crippen LogP contribution in [0.1, 0.15) is 11.6 Å². The maximum Gasteiger partial charge on any atom is 0.258 e. The second-order valence-electron chi connectivity index (χ2n) is 4.91. The van der Waals surface area contributed by atoms with Gasteiger partial charge in [0.25, 0.3) is 5.56 Å². The first-order valence-corrected chi connectivity index (χ1v) is 7.32. The number of aromatic nitrogens is 2. The lowest BCUT2D eigenvalue weighted by Gasteiger charge is -2.14. The molecule has 2 heterocycles. The minimum atomic E-state index is -0.107. The lowest BCUT2D eigenvalue weighted by Crippen LogP contribution is -2.21. The minimum Gasteiger partial charge on any atom is -0.453 e. The molecule has 0 bridgehead atoms. The standard InChI is InChI=1S/C15H14BrN3O2/c1-19(8-10-6-7-13(16)21-10)9-14-17-12-5-3-2-4-11(12)15(20)18-14/h2-7H,8-9H2,1H3,(H,17,18,20). The number of hydrogen-bond donors (Lipinski definition) is 1. The molecule has 0 saturated heterocycles. The summed E-state index contributed by atoms with van der Waals surface area (Å²) in [4.78, 5) is 21.3. The topological polar surface area (TPSA) is 62.1 Å². The summed E-state index contributed by atoms with van der Waals surface area (Å²) in [6, 6.07) is 11.1. The van der Waals surface area contributed by atoms with Crippen molar-refractivity contribution < 1.29 is 4.42 Å². The van der Waals surface area contributed by atoms with E-state index in [0.29, 0.717) is 34.5 Å². The molecule has 6 heteroatoms. The van der Waals surface area contributed by atoms with Crippen molar-refractivity contribution in [2.75, 3.05) is 7.05 Å². The summed E-state index contributed by atoms with van der Waals surface area (Å²) >= 11 is 3.28. The molecule has 0 aliphatic rings. The van der Waals surface area contributed by atoms with Gasteiger partial charge in [0.15, 0.2) is 4.67 Å². The summed E-state index contributed by atoms with van der Waals surface area (Å²) in [5, 5.41) is 0.610. The van der Waals surface area contributed by atoms with Crippen molar-refractivity contribution in [3.05, 3.63) is 63.0 Å². The number of furan rings is 1. The summed E-state index contributed by atoms with van der Waals surface area (Å²) in [6.07, 6.45) is 0. The van der Waals surface area contributed by atoms with Gasteiger partial charge in [-0.15, -0.1) is 0 Å². The second kappa shape index (κ2) is 5.83. The van der Waals surface area contributed by atoms with E-state index in [1.165, 1.54) is 0 Å². The molecular formula is C15H14BrN3O2. The Bertz CT molecular complexity index is 825. The first-order valence-electron chi connectivity index (χ1n) is 6.52. The Labute approximate surface area is 129 Å². The van der Waals surface area contributed by atoms with Crippen molar-refractivity contribution in [1.29, 1.82) is 0 Å². The van der Waals surface area contributed by atoms with E-state index in [1.54, 1.807) is 6.07 Å². The van der Waals surface area contributed by atoms with Gasteiger partial charge in [-0.3, -0.25) is 9.69 Å². The zero-order valence-corrected chi connectivity index (χ0v) is 13.1. The van der Waals surface area contributed by atoms with Gasteiger partial charge in [-0.05, 0) is 47.2 Å². The van der Waals surface area contributed by atoms with E-state index in [1.807, 2.05) is 42.3 Å². The summed E-state index contributed by atoms with van der Waals surface area (Å²) in [7, 11) is 1.95. The number of H-pyrrole nitrogens is 1. The van der Waals surface area contributed by atoms with Crippen LogP contribution in [-0.2, 0) is 13.1 Å². The number of nitrogens with one attached hydrogen (secondary N) is 1. The Hall–Kier alpha value is -1.92. The number of fused-ring (bicyclic) bond motifs is 1. The van der Waals surface area contributed by atoms with Crippen LogP contribution in [0.2, 0.25) is 0 Å². The third-order valence-electron chi connectivity index (χ3n) is 3.14. The summed E-state index contributed by atoms with van der Waals surface area (Å²) < 4.78 is 6.18. The van der Waals surface area contributed by atoms with Gasteiger partial charge in [-0.1, -0.05) is 12.1 Å². The fraction of sp³-hybridized carbons (Fsp3) is 0.200. The summed E-state index contributed by atoms with van der Waals surface area (Å²) in [5.74, 6) is 1.50. The average molecular weight is 348 g/mol. The van der Waals surface area contributed by atoms with E-state index in [0.717, 1.165) is 5.76 Å². The van der Waals surface area contributed by atoms with E-state index in [9.17, 15) is 4.79 Å². The Kier molecular flexibility index (Phi) is 3.90. The molecule has 5 nitrogen and oxygen atoms in total. The van der Waals surface area contributed by atoms with Crippen molar-refractivity contribution in [3.63, 3.8) is 0 Å². The zero-order valence-electron chi connectivity index (χ0n) is 11.5. The van der Waals surface area contributed by atoms with E-state index in [2.05, 4.69) is 25.9 Å². The van der Waals surface area contributed by atoms with Crippen molar-refractivity contribution >= 4 is 26.8 Å². The molecule has 2 aromatic heterocycles. The number of aromatic amines is 1. The monoisotopic (exact) mass is 347 g/mol. The van der Waals surface area contributed by atoms with Crippen LogP contribution in [0.3, 0.4) is 0 Å². The number of hydrogen-bond acceptors (Lipinski definition) is 4. The highest BCUT2D eigenvalue weighted by molar-refractivity contribution is 9.10. The normalized spacial score (nSPS) is 11.4. The maximum absolute atomic E-state index is 12.0. The fourth-order valence-corrected chi connectivity index (χ4v) is 2.56. The van der Waals surface area contributed by atoms with Crippen LogP contribution < -0.4 is 5.56 Å². The Morgan fingerprint density at radius 1 is 1.24 bits per heavy atom. The van der Waals surface area contributed by atoms with Gasteiger partial charge in [0.05, 0.1) is 24.0 Å². The molecule has 0 spiro atoms. The van der Waals surface area contributed by atoms with E-state index >= 15 is 0 Å². The molecule has 0 atom stereocenters. The van der Waals surface area contributed by atoms with Crippen LogP contribution in [0.15, 0.2) is 50.3 Å². The first-order chi connectivity index (χ1) is 10.1. The average Bonchev–Trinajstić information content (AvgIpc) is 2.84. The number of rotatable bonds is 4. The van der Waals surface area contributed by atoms with Crippen LogP contribution in [-0.4, -0.2) is 21.9 Å². The first kappa shape index (κ1) is 14.0. The van der Waals surface area contributed by atoms with Crippen LogP contribution in [0.25, 0.3) is 10.9 Å². The molecule has 1 N–H and O–H groups in total. The Balaban J connectivity index is 1.79. The number of para-hydroxylation sites is 1. The predicted octanol–water partition coefficient (Wildman–Crippen LogP) is 2.91.